The Bertz CT molecular complexity index is 166. The molecule has 3 nitrogen and oxygen atoms in total. The molecular formula is C10H21N2O+. The Labute approximate surface area is 80.7 Å². The fourth-order valence-electron chi connectivity index (χ4n) is 1.77. The minimum absolute atomic E-state index is 0.352. The van der Waals surface area contributed by atoms with Gasteiger partial charge in [-0.3, -0.25) is 9.69 Å². The predicted molar refractivity (Wildman–Crippen MR) is 52.5 cm³/mol. The van der Waals surface area contributed by atoms with Gasteiger partial charge in [0.25, 0.3) is 0 Å². The highest BCUT2D eigenvalue weighted by atomic mass is 16.2. The van der Waals surface area contributed by atoms with E-state index in [1.54, 1.807) is 0 Å². The molecule has 0 saturated carbocycles. The van der Waals surface area contributed by atoms with Crippen molar-refractivity contribution >= 4 is 5.91 Å². The van der Waals surface area contributed by atoms with E-state index in [2.05, 4.69) is 13.8 Å². The van der Waals surface area contributed by atoms with Crippen molar-refractivity contribution in [2.45, 2.75) is 33.1 Å². The first-order valence-electron chi connectivity index (χ1n) is 5.39. The summed E-state index contributed by atoms with van der Waals surface area (Å²) in [5, 5.41) is 0. The van der Waals surface area contributed by atoms with Crippen molar-refractivity contribution in [3.63, 3.8) is 0 Å². The molecule has 1 N–H and O–H groups in total. The Kier molecular flexibility index (Phi) is 4.22. The predicted octanol–water partition coefficient (Wildman–Crippen LogP) is -0.119. The van der Waals surface area contributed by atoms with Crippen LogP contribution in [-0.4, -0.2) is 37.1 Å². The first-order valence-corrected chi connectivity index (χ1v) is 5.39. The SMILES string of the molecule is CC[NH+](CC)CN1CCCCC1=O. The zero-order valence-corrected chi connectivity index (χ0v) is 8.81. The summed E-state index contributed by atoms with van der Waals surface area (Å²) in [6.45, 7) is 8.45. The molecule has 3 heteroatoms. The zero-order valence-electron chi connectivity index (χ0n) is 8.81. The Morgan fingerprint density at radius 2 is 2.00 bits per heavy atom. The summed E-state index contributed by atoms with van der Waals surface area (Å²) in [7, 11) is 0. The second-order valence-corrected chi connectivity index (χ2v) is 3.73. The van der Waals surface area contributed by atoms with E-state index < -0.39 is 0 Å². The van der Waals surface area contributed by atoms with Crippen LogP contribution in [0.3, 0.4) is 0 Å². The molecule has 0 bridgehead atoms. The van der Waals surface area contributed by atoms with E-state index in [-0.39, 0.29) is 0 Å². The lowest BCUT2D eigenvalue weighted by Gasteiger charge is -2.29. The number of piperidine rings is 1. The van der Waals surface area contributed by atoms with Gasteiger partial charge in [-0.15, -0.1) is 0 Å². The van der Waals surface area contributed by atoms with Crippen LogP contribution in [0.2, 0.25) is 0 Å². The highest BCUT2D eigenvalue weighted by Crippen LogP contribution is 2.08. The maximum Gasteiger partial charge on any atom is 0.226 e. The molecule has 1 heterocycles. The standard InChI is InChI=1S/C10H20N2O/c1-3-11(4-2)9-12-8-6-5-7-10(12)13/h3-9H2,1-2H3/p+1. The van der Waals surface area contributed by atoms with Gasteiger partial charge in [0, 0.05) is 13.0 Å². The molecule has 1 fully saturated rings. The van der Waals surface area contributed by atoms with Gasteiger partial charge in [-0.25, -0.2) is 0 Å². The summed E-state index contributed by atoms with van der Waals surface area (Å²) in [6, 6.07) is 0. The van der Waals surface area contributed by atoms with Crippen LogP contribution in [0.5, 0.6) is 0 Å². The molecule has 0 unspecified atom stereocenters. The number of carbonyl (C=O) groups is 1. The van der Waals surface area contributed by atoms with Gasteiger partial charge in [0.05, 0.1) is 13.1 Å². The van der Waals surface area contributed by atoms with E-state index in [0.717, 1.165) is 39.1 Å². The van der Waals surface area contributed by atoms with Crippen LogP contribution in [0.25, 0.3) is 0 Å². The lowest BCUT2D eigenvalue weighted by Crippen LogP contribution is -3.13. The third kappa shape index (κ3) is 2.99. The molecule has 0 radical (unpaired) electrons. The maximum absolute atomic E-state index is 11.5. The summed E-state index contributed by atoms with van der Waals surface area (Å²) in [5.74, 6) is 0.352. The van der Waals surface area contributed by atoms with Crippen molar-refractivity contribution < 1.29 is 9.69 Å². The minimum atomic E-state index is 0.352. The summed E-state index contributed by atoms with van der Waals surface area (Å²) >= 11 is 0. The first kappa shape index (κ1) is 10.5. The lowest BCUT2D eigenvalue weighted by atomic mass is 10.1. The number of nitrogens with one attached hydrogen (secondary N) is 1. The molecule has 0 aliphatic carbocycles. The van der Waals surface area contributed by atoms with Gasteiger partial charge in [0.1, 0.15) is 0 Å². The van der Waals surface area contributed by atoms with Crippen LogP contribution >= 0.6 is 0 Å². The molecule has 1 rings (SSSR count). The molecule has 1 amide bonds. The smallest absolute Gasteiger partial charge is 0.226 e. The van der Waals surface area contributed by atoms with Crippen molar-refractivity contribution in [1.82, 2.24) is 4.90 Å². The zero-order chi connectivity index (χ0) is 9.68. The third-order valence-electron chi connectivity index (χ3n) is 2.84. The third-order valence-corrected chi connectivity index (χ3v) is 2.84. The molecule has 0 aromatic heterocycles. The van der Waals surface area contributed by atoms with E-state index in [1.807, 2.05) is 4.90 Å². The average Bonchev–Trinajstić information content (AvgIpc) is 2.17. The second kappa shape index (κ2) is 5.22. The first-order chi connectivity index (χ1) is 6.27. The van der Waals surface area contributed by atoms with Gasteiger partial charge in [0.15, 0.2) is 6.67 Å². The largest absolute Gasteiger partial charge is 0.318 e. The van der Waals surface area contributed by atoms with Crippen LogP contribution < -0.4 is 4.90 Å². The maximum atomic E-state index is 11.5. The normalized spacial score (nSPS) is 18.4. The number of nitrogens with zero attached hydrogens (tertiary/aromatic N) is 1. The summed E-state index contributed by atoms with van der Waals surface area (Å²) < 4.78 is 0. The number of likely N-dealkylation sites (tertiary alicyclic amines) is 1. The van der Waals surface area contributed by atoms with E-state index in [4.69, 9.17) is 0 Å². The van der Waals surface area contributed by atoms with Crippen molar-refractivity contribution in [2.24, 2.45) is 0 Å². The molecule has 1 aliphatic rings. The van der Waals surface area contributed by atoms with Gasteiger partial charge in [-0.1, -0.05) is 0 Å². The number of carbonyl (C=O) groups excluding carboxylic acids is 1. The Morgan fingerprint density at radius 3 is 2.54 bits per heavy atom. The van der Waals surface area contributed by atoms with Gasteiger partial charge >= 0.3 is 0 Å². The highest BCUT2D eigenvalue weighted by molar-refractivity contribution is 5.76. The number of hydrogen-bond acceptors (Lipinski definition) is 1. The quantitative estimate of drug-likeness (QED) is 0.649. The van der Waals surface area contributed by atoms with Crippen molar-refractivity contribution in [1.29, 1.82) is 0 Å². The summed E-state index contributed by atoms with van der Waals surface area (Å²) in [6.07, 6.45) is 3.04. The van der Waals surface area contributed by atoms with Gasteiger partial charge in [-0.2, -0.15) is 0 Å². The fourth-order valence-corrected chi connectivity index (χ4v) is 1.77. The van der Waals surface area contributed by atoms with E-state index >= 15 is 0 Å². The van der Waals surface area contributed by atoms with E-state index in [1.165, 1.54) is 11.3 Å². The number of hydrogen-bond donors (Lipinski definition) is 1. The van der Waals surface area contributed by atoms with E-state index in [0.29, 0.717) is 5.91 Å². The minimum Gasteiger partial charge on any atom is -0.318 e. The number of rotatable bonds is 4. The highest BCUT2D eigenvalue weighted by Gasteiger charge is 2.20. The van der Waals surface area contributed by atoms with Gasteiger partial charge in [0.2, 0.25) is 5.91 Å². The van der Waals surface area contributed by atoms with Crippen molar-refractivity contribution in [3.05, 3.63) is 0 Å². The molecule has 0 aromatic rings. The average molecular weight is 185 g/mol. The van der Waals surface area contributed by atoms with Crippen LogP contribution in [-0.2, 0) is 4.79 Å². The molecule has 1 saturated heterocycles. The van der Waals surface area contributed by atoms with E-state index in [9.17, 15) is 4.79 Å². The molecular weight excluding hydrogens is 164 g/mol. The molecule has 1 aliphatic heterocycles. The Morgan fingerprint density at radius 1 is 1.31 bits per heavy atom. The Balaban J connectivity index is 2.36. The number of quaternary nitrogens is 1. The molecule has 13 heavy (non-hydrogen) atoms. The van der Waals surface area contributed by atoms with Crippen molar-refractivity contribution in [2.75, 3.05) is 26.3 Å². The summed E-state index contributed by atoms with van der Waals surface area (Å²) in [4.78, 5) is 15.0. The molecule has 0 spiro atoms. The lowest BCUT2D eigenvalue weighted by molar-refractivity contribution is -0.905. The van der Waals surface area contributed by atoms with Crippen molar-refractivity contribution in [3.8, 4) is 0 Å². The van der Waals surface area contributed by atoms with Crippen LogP contribution in [0, 0.1) is 0 Å². The Hall–Kier alpha value is -0.570. The fraction of sp³-hybridized carbons (Fsp3) is 0.900. The topological polar surface area (TPSA) is 24.8 Å². The van der Waals surface area contributed by atoms with Gasteiger partial charge < -0.3 is 4.90 Å². The second-order valence-electron chi connectivity index (χ2n) is 3.73. The van der Waals surface area contributed by atoms with Crippen LogP contribution in [0.1, 0.15) is 33.1 Å². The van der Waals surface area contributed by atoms with Crippen LogP contribution in [0.4, 0.5) is 0 Å². The molecule has 0 atom stereocenters. The molecule has 0 aromatic carbocycles. The van der Waals surface area contributed by atoms with Crippen LogP contribution in [0.15, 0.2) is 0 Å². The monoisotopic (exact) mass is 185 g/mol. The summed E-state index contributed by atoms with van der Waals surface area (Å²) in [5.41, 5.74) is 0. The molecule has 76 valence electrons. The number of amides is 1. The van der Waals surface area contributed by atoms with Gasteiger partial charge in [-0.05, 0) is 26.7 Å².